The summed E-state index contributed by atoms with van der Waals surface area (Å²) in [5, 5.41) is 8.90. The van der Waals surface area contributed by atoms with Gasteiger partial charge in [0.25, 0.3) is 0 Å². The van der Waals surface area contributed by atoms with Gasteiger partial charge in [-0.2, -0.15) is 0 Å². The third kappa shape index (κ3) is 1.48. The largest absolute Gasteiger partial charge is 0.381 e. The Labute approximate surface area is 61.6 Å². The molecule has 1 aliphatic rings. The fourth-order valence-corrected chi connectivity index (χ4v) is 1.15. The van der Waals surface area contributed by atoms with E-state index in [9.17, 15) is 0 Å². The molecule has 1 fully saturated rings. The minimum Gasteiger partial charge on any atom is -0.381 e. The highest BCUT2D eigenvalue weighted by Gasteiger charge is 2.29. The second-order valence-corrected chi connectivity index (χ2v) is 3.27. The Morgan fingerprint density at radius 2 is 2.30 bits per heavy atom. The molecule has 1 aliphatic heterocycles. The summed E-state index contributed by atoms with van der Waals surface area (Å²) in [7, 11) is 0. The van der Waals surface area contributed by atoms with Gasteiger partial charge in [0, 0.05) is 12.1 Å². The molecule has 0 radical (unpaired) electrons. The first-order valence-corrected chi connectivity index (χ1v) is 3.60. The lowest BCUT2D eigenvalue weighted by Crippen LogP contribution is -2.53. The maximum Gasteiger partial charge on any atom is 0.0962 e. The molecule has 0 aromatic rings. The summed E-state index contributed by atoms with van der Waals surface area (Å²) >= 11 is 0. The quantitative estimate of drug-likeness (QED) is 0.566. The van der Waals surface area contributed by atoms with Crippen molar-refractivity contribution in [1.29, 1.82) is 0 Å². The number of hydrogen-bond acceptors (Lipinski definition) is 3. The zero-order valence-corrected chi connectivity index (χ0v) is 6.63. The second kappa shape index (κ2) is 2.86. The van der Waals surface area contributed by atoms with Crippen LogP contribution in [0.2, 0.25) is 0 Å². The van der Waals surface area contributed by atoms with Crippen molar-refractivity contribution in [2.75, 3.05) is 26.5 Å². The number of nitrogens with zero attached hydrogens (tertiary/aromatic N) is 1. The number of ether oxygens (including phenoxy) is 1. The summed E-state index contributed by atoms with van der Waals surface area (Å²) in [5.41, 5.74) is 0.00694. The molecular formula is C7H15NO2. The fraction of sp³-hybridized carbons (Fsp3) is 1.00. The van der Waals surface area contributed by atoms with Crippen molar-refractivity contribution in [3.63, 3.8) is 0 Å². The van der Waals surface area contributed by atoms with Gasteiger partial charge in [-0.3, -0.25) is 4.90 Å². The van der Waals surface area contributed by atoms with Crippen molar-refractivity contribution < 1.29 is 9.84 Å². The van der Waals surface area contributed by atoms with Gasteiger partial charge in [0.2, 0.25) is 0 Å². The third-order valence-corrected chi connectivity index (χ3v) is 1.99. The monoisotopic (exact) mass is 145 g/mol. The van der Waals surface area contributed by atoms with Gasteiger partial charge in [0.15, 0.2) is 0 Å². The molecule has 3 nitrogen and oxygen atoms in total. The third-order valence-electron chi connectivity index (χ3n) is 1.99. The zero-order chi connectivity index (χ0) is 7.61. The molecule has 0 unspecified atom stereocenters. The van der Waals surface area contributed by atoms with E-state index in [0.717, 1.165) is 13.2 Å². The van der Waals surface area contributed by atoms with Crippen LogP contribution in [0.5, 0.6) is 0 Å². The van der Waals surface area contributed by atoms with Crippen molar-refractivity contribution in [3.05, 3.63) is 0 Å². The average Bonchev–Trinajstić information content (AvgIpc) is 1.87. The van der Waals surface area contributed by atoms with E-state index in [2.05, 4.69) is 13.8 Å². The van der Waals surface area contributed by atoms with Crippen LogP contribution in [0, 0.1) is 0 Å². The van der Waals surface area contributed by atoms with E-state index in [4.69, 9.17) is 9.84 Å². The molecule has 0 aromatic carbocycles. The molecule has 1 rings (SSSR count). The number of rotatable bonds is 1. The van der Waals surface area contributed by atoms with Crippen molar-refractivity contribution in [2.24, 2.45) is 0 Å². The lowest BCUT2D eigenvalue weighted by molar-refractivity contribution is -0.0847. The summed E-state index contributed by atoms with van der Waals surface area (Å²) < 4.78 is 5.26. The minimum atomic E-state index is 0.00694. The average molecular weight is 145 g/mol. The maximum absolute atomic E-state index is 8.90. The van der Waals surface area contributed by atoms with Crippen LogP contribution in [0.15, 0.2) is 0 Å². The van der Waals surface area contributed by atoms with Gasteiger partial charge in [-0.1, -0.05) is 0 Å². The van der Waals surface area contributed by atoms with Crippen LogP contribution >= 0.6 is 0 Å². The van der Waals surface area contributed by atoms with Gasteiger partial charge >= 0.3 is 0 Å². The molecule has 0 spiro atoms. The highest BCUT2D eigenvalue weighted by Crippen LogP contribution is 2.17. The molecule has 60 valence electrons. The fourth-order valence-electron chi connectivity index (χ4n) is 1.15. The molecule has 0 aromatic heterocycles. The number of hydrogen-bond donors (Lipinski definition) is 1. The highest BCUT2D eigenvalue weighted by atomic mass is 16.5. The van der Waals surface area contributed by atoms with Crippen LogP contribution in [-0.4, -0.2) is 42.0 Å². The van der Waals surface area contributed by atoms with E-state index in [0.29, 0.717) is 6.61 Å². The van der Waals surface area contributed by atoms with E-state index >= 15 is 0 Å². The normalized spacial score (nSPS) is 26.7. The van der Waals surface area contributed by atoms with Crippen LogP contribution in [0.1, 0.15) is 13.8 Å². The molecule has 0 bridgehead atoms. The van der Waals surface area contributed by atoms with Crippen LogP contribution in [0.4, 0.5) is 0 Å². The Morgan fingerprint density at radius 3 is 2.70 bits per heavy atom. The van der Waals surface area contributed by atoms with E-state index in [1.807, 2.05) is 4.90 Å². The zero-order valence-electron chi connectivity index (χ0n) is 6.63. The predicted octanol–water partition coefficient (Wildman–Crippen LogP) is 0.0470. The number of morpholine rings is 1. The molecular weight excluding hydrogens is 130 g/mol. The van der Waals surface area contributed by atoms with Gasteiger partial charge < -0.3 is 9.84 Å². The molecule has 0 aliphatic carbocycles. The van der Waals surface area contributed by atoms with Crippen molar-refractivity contribution in [2.45, 2.75) is 19.4 Å². The molecule has 1 N–H and O–H groups in total. The minimum absolute atomic E-state index is 0.00694. The Balaban J connectivity index is 2.51. The molecule has 10 heavy (non-hydrogen) atoms. The van der Waals surface area contributed by atoms with Crippen molar-refractivity contribution in [1.82, 2.24) is 4.90 Å². The smallest absolute Gasteiger partial charge is 0.0962 e. The summed E-state index contributed by atoms with van der Waals surface area (Å²) in [6.07, 6.45) is 0. The van der Waals surface area contributed by atoms with Crippen molar-refractivity contribution >= 4 is 0 Å². The first kappa shape index (κ1) is 7.98. The topological polar surface area (TPSA) is 32.7 Å². The first-order valence-electron chi connectivity index (χ1n) is 3.60. The summed E-state index contributed by atoms with van der Waals surface area (Å²) in [6.45, 7) is 6.57. The van der Waals surface area contributed by atoms with Crippen LogP contribution < -0.4 is 0 Å². The lowest BCUT2D eigenvalue weighted by atomic mass is 10.0. The Morgan fingerprint density at radius 1 is 1.60 bits per heavy atom. The van der Waals surface area contributed by atoms with Crippen LogP contribution in [-0.2, 0) is 4.74 Å². The van der Waals surface area contributed by atoms with E-state index < -0.39 is 0 Å². The van der Waals surface area contributed by atoms with Crippen LogP contribution in [0.25, 0.3) is 0 Å². The van der Waals surface area contributed by atoms with E-state index in [1.165, 1.54) is 0 Å². The molecule has 1 saturated heterocycles. The summed E-state index contributed by atoms with van der Waals surface area (Å²) in [4.78, 5) is 2.01. The molecule has 0 amide bonds. The molecule has 0 saturated carbocycles. The first-order chi connectivity index (χ1) is 4.67. The van der Waals surface area contributed by atoms with Gasteiger partial charge in [-0.15, -0.1) is 0 Å². The number of aliphatic hydroxyl groups is 1. The molecule has 3 heteroatoms. The maximum atomic E-state index is 8.90. The lowest BCUT2D eigenvalue weighted by Gasteiger charge is -2.40. The summed E-state index contributed by atoms with van der Waals surface area (Å²) in [5.74, 6) is 0. The van der Waals surface area contributed by atoms with Gasteiger partial charge in [0.1, 0.15) is 0 Å². The Hall–Kier alpha value is -0.120. The SMILES string of the molecule is CC1(C)COCCN1CO. The molecule has 1 heterocycles. The molecule has 0 atom stereocenters. The standard InChI is InChI=1S/C7H15NO2/c1-7(2)5-10-4-3-8(7)6-9/h9H,3-6H2,1-2H3. The van der Waals surface area contributed by atoms with Crippen molar-refractivity contribution in [3.8, 4) is 0 Å². The van der Waals surface area contributed by atoms with Gasteiger partial charge in [0.05, 0.1) is 19.9 Å². The predicted molar refractivity (Wildman–Crippen MR) is 38.7 cm³/mol. The highest BCUT2D eigenvalue weighted by molar-refractivity contribution is 4.82. The summed E-state index contributed by atoms with van der Waals surface area (Å²) in [6, 6.07) is 0. The number of aliphatic hydroxyl groups excluding tert-OH is 1. The Bertz CT molecular complexity index is 114. The van der Waals surface area contributed by atoms with E-state index in [1.54, 1.807) is 0 Å². The second-order valence-electron chi connectivity index (χ2n) is 3.27. The Kier molecular flexibility index (Phi) is 2.28. The van der Waals surface area contributed by atoms with Gasteiger partial charge in [-0.05, 0) is 13.8 Å². The van der Waals surface area contributed by atoms with Crippen LogP contribution in [0.3, 0.4) is 0 Å². The van der Waals surface area contributed by atoms with Gasteiger partial charge in [-0.25, -0.2) is 0 Å². The van der Waals surface area contributed by atoms with E-state index in [-0.39, 0.29) is 12.3 Å².